The van der Waals surface area contributed by atoms with Gasteiger partial charge in [-0.15, -0.1) is 0 Å². The molecule has 0 aliphatic carbocycles. The van der Waals surface area contributed by atoms with Crippen LogP contribution >= 0.6 is 0 Å². The van der Waals surface area contributed by atoms with Crippen LogP contribution in [0, 0.1) is 5.92 Å². The summed E-state index contributed by atoms with van der Waals surface area (Å²) in [5, 5.41) is 0. The number of rotatable bonds is 3. The normalized spacial score (nSPS) is 10.8. The molecule has 0 saturated carbocycles. The molecule has 0 unspecified atom stereocenters. The van der Waals surface area contributed by atoms with Crippen LogP contribution in [0.15, 0.2) is 6.33 Å². The minimum absolute atomic E-state index is 0.611. The van der Waals surface area contributed by atoms with Crippen LogP contribution in [-0.4, -0.2) is 9.97 Å². The Labute approximate surface area is 79.4 Å². The van der Waals surface area contributed by atoms with Gasteiger partial charge in [-0.1, -0.05) is 20.8 Å². The van der Waals surface area contributed by atoms with E-state index < -0.39 is 0 Å². The zero-order valence-electron chi connectivity index (χ0n) is 8.54. The molecule has 0 fully saturated rings. The molecule has 2 N–H and O–H groups in total. The summed E-state index contributed by atoms with van der Waals surface area (Å²) in [5.74, 6) is 1.24. The zero-order chi connectivity index (χ0) is 9.84. The molecular weight excluding hydrogens is 162 g/mol. The molecule has 1 rings (SSSR count). The molecule has 1 aromatic heterocycles. The molecule has 0 saturated heterocycles. The average molecular weight is 179 g/mol. The fourth-order valence-corrected chi connectivity index (χ4v) is 1.41. The fraction of sp³-hybridized carbons (Fsp3) is 0.600. The van der Waals surface area contributed by atoms with Crippen LogP contribution in [0.4, 0.5) is 5.82 Å². The highest BCUT2D eigenvalue weighted by Crippen LogP contribution is 2.15. The number of hydrogen-bond acceptors (Lipinski definition) is 3. The van der Waals surface area contributed by atoms with Gasteiger partial charge in [-0.2, -0.15) is 0 Å². The van der Waals surface area contributed by atoms with Gasteiger partial charge in [0.25, 0.3) is 0 Å². The first kappa shape index (κ1) is 9.96. The third kappa shape index (κ3) is 2.41. The lowest BCUT2D eigenvalue weighted by Gasteiger charge is -2.09. The van der Waals surface area contributed by atoms with E-state index in [1.807, 2.05) is 0 Å². The first-order valence-corrected chi connectivity index (χ1v) is 4.73. The topological polar surface area (TPSA) is 51.8 Å². The highest BCUT2D eigenvalue weighted by atomic mass is 14.9. The third-order valence-corrected chi connectivity index (χ3v) is 2.02. The molecule has 3 heteroatoms. The highest BCUT2D eigenvalue weighted by molar-refractivity contribution is 5.41. The second-order valence-electron chi connectivity index (χ2n) is 3.64. The molecule has 0 aliphatic rings. The van der Waals surface area contributed by atoms with E-state index in [1.165, 1.54) is 0 Å². The fourth-order valence-electron chi connectivity index (χ4n) is 1.41. The molecule has 0 bridgehead atoms. The Hall–Kier alpha value is -1.12. The molecule has 1 aromatic rings. The Balaban J connectivity index is 2.98. The summed E-state index contributed by atoms with van der Waals surface area (Å²) in [6.45, 7) is 6.44. The Morgan fingerprint density at radius 1 is 1.38 bits per heavy atom. The van der Waals surface area contributed by atoms with E-state index in [2.05, 4.69) is 30.7 Å². The van der Waals surface area contributed by atoms with Crippen molar-refractivity contribution in [2.45, 2.75) is 33.6 Å². The van der Waals surface area contributed by atoms with Gasteiger partial charge in [0.15, 0.2) is 0 Å². The Morgan fingerprint density at radius 2 is 2.08 bits per heavy atom. The summed E-state index contributed by atoms with van der Waals surface area (Å²) in [6, 6.07) is 0. The van der Waals surface area contributed by atoms with Gasteiger partial charge in [0.2, 0.25) is 0 Å². The summed E-state index contributed by atoms with van der Waals surface area (Å²) >= 11 is 0. The predicted molar refractivity (Wildman–Crippen MR) is 54.4 cm³/mol. The second-order valence-corrected chi connectivity index (χ2v) is 3.64. The minimum Gasteiger partial charge on any atom is -0.383 e. The molecule has 0 radical (unpaired) electrons. The highest BCUT2D eigenvalue weighted by Gasteiger charge is 2.08. The largest absolute Gasteiger partial charge is 0.383 e. The summed E-state index contributed by atoms with van der Waals surface area (Å²) in [5.41, 5.74) is 7.97. The molecule has 0 aromatic carbocycles. The molecule has 72 valence electrons. The van der Waals surface area contributed by atoms with Gasteiger partial charge in [-0.3, -0.25) is 0 Å². The predicted octanol–water partition coefficient (Wildman–Crippen LogP) is 1.82. The van der Waals surface area contributed by atoms with Crippen LogP contribution in [0.5, 0.6) is 0 Å². The number of nitrogens with two attached hydrogens (primary N) is 1. The van der Waals surface area contributed by atoms with Gasteiger partial charge < -0.3 is 5.73 Å². The lowest BCUT2D eigenvalue weighted by molar-refractivity contribution is 0.629. The molecule has 0 atom stereocenters. The lowest BCUT2D eigenvalue weighted by Crippen LogP contribution is -2.06. The zero-order valence-corrected chi connectivity index (χ0v) is 8.54. The first-order chi connectivity index (χ1) is 6.15. The Kier molecular flexibility index (Phi) is 3.23. The number of anilines is 1. The maximum atomic E-state index is 5.76. The van der Waals surface area contributed by atoms with Gasteiger partial charge in [0.05, 0.1) is 0 Å². The first-order valence-electron chi connectivity index (χ1n) is 4.73. The number of nitrogen functional groups attached to an aromatic ring is 1. The quantitative estimate of drug-likeness (QED) is 0.770. The van der Waals surface area contributed by atoms with Crippen LogP contribution in [-0.2, 0) is 12.8 Å². The summed E-state index contributed by atoms with van der Waals surface area (Å²) in [6.07, 6.45) is 3.44. The number of aromatic nitrogens is 2. The lowest BCUT2D eigenvalue weighted by atomic mass is 10.0. The van der Waals surface area contributed by atoms with Crippen LogP contribution in [0.2, 0.25) is 0 Å². The molecule has 0 amide bonds. The number of nitrogens with zero attached hydrogens (tertiary/aromatic N) is 2. The standard InChI is InChI=1S/C10H17N3/c1-4-8-9(5-7(2)3)12-6-13-10(8)11/h6-7H,4-5H2,1-3H3,(H2,11,12,13). The van der Waals surface area contributed by atoms with E-state index >= 15 is 0 Å². The van der Waals surface area contributed by atoms with Gasteiger partial charge >= 0.3 is 0 Å². The van der Waals surface area contributed by atoms with Crippen molar-refractivity contribution >= 4 is 5.82 Å². The average Bonchev–Trinajstić information content (AvgIpc) is 2.03. The maximum Gasteiger partial charge on any atom is 0.130 e. The van der Waals surface area contributed by atoms with E-state index in [0.29, 0.717) is 11.7 Å². The van der Waals surface area contributed by atoms with Gasteiger partial charge in [0.1, 0.15) is 12.1 Å². The van der Waals surface area contributed by atoms with E-state index in [4.69, 9.17) is 5.73 Å². The van der Waals surface area contributed by atoms with E-state index in [-0.39, 0.29) is 0 Å². The summed E-state index contributed by atoms with van der Waals surface area (Å²) in [7, 11) is 0. The Morgan fingerprint density at radius 3 is 2.62 bits per heavy atom. The van der Waals surface area contributed by atoms with Crippen molar-refractivity contribution in [1.82, 2.24) is 9.97 Å². The SMILES string of the molecule is CCc1c(N)ncnc1CC(C)C. The molecule has 3 nitrogen and oxygen atoms in total. The van der Waals surface area contributed by atoms with E-state index in [0.717, 1.165) is 24.1 Å². The second kappa shape index (κ2) is 4.21. The van der Waals surface area contributed by atoms with Gasteiger partial charge in [-0.05, 0) is 18.8 Å². The molecule has 13 heavy (non-hydrogen) atoms. The smallest absolute Gasteiger partial charge is 0.130 e. The summed E-state index contributed by atoms with van der Waals surface area (Å²) < 4.78 is 0. The molecule has 0 spiro atoms. The van der Waals surface area contributed by atoms with Crippen molar-refractivity contribution in [3.8, 4) is 0 Å². The van der Waals surface area contributed by atoms with Gasteiger partial charge in [-0.25, -0.2) is 9.97 Å². The van der Waals surface area contributed by atoms with E-state index in [1.54, 1.807) is 6.33 Å². The third-order valence-electron chi connectivity index (χ3n) is 2.02. The molecule has 0 aliphatic heterocycles. The molecule has 1 heterocycles. The van der Waals surface area contributed by atoms with Crippen molar-refractivity contribution in [3.63, 3.8) is 0 Å². The monoisotopic (exact) mass is 179 g/mol. The maximum absolute atomic E-state index is 5.76. The van der Waals surface area contributed by atoms with Crippen LogP contribution in [0.3, 0.4) is 0 Å². The van der Waals surface area contributed by atoms with Crippen molar-refractivity contribution in [2.75, 3.05) is 5.73 Å². The van der Waals surface area contributed by atoms with Crippen molar-refractivity contribution in [2.24, 2.45) is 5.92 Å². The summed E-state index contributed by atoms with van der Waals surface area (Å²) in [4.78, 5) is 8.24. The Bertz CT molecular complexity index is 281. The number of hydrogen-bond donors (Lipinski definition) is 1. The molecular formula is C10H17N3. The van der Waals surface area contributed by atoms with Crippen molar-refractivity contribution in [1.29, 1.82) is 0 Å². The van der Waals surface area contributed by atoms with Crippen LogP contribution < -0.4 is 5.73 Å². The van der Waals surface area contributed by atoms with E-state index in [9.17, 15) is 0 Å². The van der Waals surface area contributed by atoms with Crippen LogP contribution in [0.1, 0.15) is 32.0 Å². The van der Waals surface area contributed by atoms with Gasteiger partial charge in [0, 0.05) is 11.3 Å². The minimum atomic E-state index is 0.611. The van der Waals surface area contributed by atoms with Crippen molar-refractivity contribution < 1.29 is 0 Å². The van der Waals surface area contributed by atoms with Crippen molar-refractivity contribution in [3.05, 3.63) is 17.6 Å². The van der Waals surface area contributed by atoms with Crippen LogP contribution in [0.25, 0.3) is 0 Å².